The smallest absolute Gasteiger partial charge is 0.225 e. The van der Waals surface area contributed by atoms with Gasteiger partial charge in [-0.25, -0.2) is 0 Å². The Morgan fingerprint density at radius 2 is 1.62 bits per heavy atom. The van der Waals surface area contributed by atoms with Crippen LogP contribution in [0.2, 0.25) is 0 Å². The number of halogens is 1. The van der Waals surface area contributed by atoms with E-state index in [0.717, 1.165) is 5.56 Å². The van der Waals surface area contributed by atoms with Crippen molar-refractivity contribution in [1.29, 1.82) is 0 Å². The Kier molecular flexibility index (Phi) is 8.91. The van der Waals surface area contributed by atoms with Gasteiger partial charge in [-0.05, 0) is 24.8 Å². The SMILES string of the molecule is NC(N)=NCCC[C@H](N)C(=O)C(Cl)C(=O)C(=O)[C@@H](N)Cc1ccccc1. The second-order valence-electron chi connectivity index (χ2n) is 5.84. The lowest BCUT2D eigenvalue weighted by Crippen LogP contribution is -2.47. The Hall–Kier alpha value is -2.29. The molecule has 0 saturated heterocycles. The van der Waals surface area contributed by atoms with E-state index in [1.807, 2.05) is 6.07 Å². The molecule has 1 unspecified atom stereocenters. The fourth-order valence-corrected chi connectivity index (χ4v) is 2.52. The van der Waals surface area contributed by atoms with Crippen LogP contribution >= 0.6 is 11.6 Å². The monoisotopic (exact) mass is 381 g/mol. The highest BCUT2D eigenvalue weighted by Crippen LogP contribution is 2.10. The Morgan fingerprint density at radius 3 is 2.19 bits per heavy atom. The lowest BCUT2D eigenvalue weighted by atomic mass is 9.96. The molecule has 0 amide bonds. The lowest BCUT2D eigenvalue weighted by Gasteiger charge is -2.15. The lowest BCUT2D eigenvalue weighted by molar-refractivity contribution is -0.139. The molecule has 0 fully saturated rings. The molecule has 0 aliphatic rings. The fraction of sp³-hybridized carbons (Fsp3) is 0.412. The van der Waals surface area contributed by atoms with Crippen LogP contribution in [0.3, 0.4) is 0 Å². The van der Waals surface area contributed by atoms with Crippen LogP contribution in [0, 0.1) is 0 Å². The van der Waals surface area contributed by atoms with Gasteiger partial charge in [0.05, 0.1) is 12.1 Å². The minimum absolute atomic E-state index is 0.0618. The highest BCUT2D eigenvalue weighted by atomic mass is 35.5. The Bertz CT molecular complexity index is 662. The van der Waals surface area contributed by atoms with Gasteiger partial charge in [-0.15, -0.1) is 11.6 Å². The highest BCUT2D eigenvalue weighted by Gasteiger charge is 2.34. The van der Waals surface area contributed by atoms with Gasteiger partial charge in [0, 0.05) is 6.54 Å². The first kappa shape index (κ1) is 21.8. The van der Waals surface area contributed by atoms with Crippen LogP contribution in [0.1, 0.15) is 18.4 Å². The summed E-state index contributed by atoms with van der Waals surface area (Å²) in [6.45, 7) is 0.297. The first-order valence-corrected chi connectivity index (χ1v) is 8.54. The van der Waals surface area contributed by atoms with Crippen molar-refractivity contribution in [3.8, 4) is 0 Å². The van der Waals surface area contributed by atoms with E-state index in [1.165, 1.54) is 0 Å². The highest BCUT2D eigenvalue weighted by molar-refractivity contribution is 6.57. The van der Waals surface area contributed by atoms with E-state index in [2.05, 4.69) is 4.99 Å². The first-order chi connectivity index (χ1) is 12.2. The third kappa shape index (κ3) is 6.91. The Morgan fingerprint density at radius 1 is 1.00 bits per heavy atom. The molecule has 26 heavy (non-hydrogen) atoms. The molecular weight excluding hydrogens is 358 g/mol. The van der Waals surface area contributed by atoms with Gasteiger partial charge in [0.15, 0.2) is 17.1 Å². The van der Waals surface area contributed by atoms with Crippen molar-refractivity contribution in [2.24, 2.45) is 27.9 Å². The normalized spacial score (nSPS) is 14.1. The Balaban J connectivity index is 2.56. The van der Waals surface area contributed by atoms with Crippen LogP contribution in [0.25, 0.3) is 0 Å². The molecule has 9 heteroatoms. The summed E-state index contributed by atoms with van der Waals surface area (Å²) in [6.07, 6.45) is 0.841. The summed E-state index contributed by atoms with van der Waals surface area (Å²) in [5.74, 6) is -2.72. The molecule has 0 radical (unpaired) electrons. The minimum Gasteiger partial charge on any atom is -0.370 e. The number of aliphatic imine (C=N–C) groups is 1. The third-order valence-corrected chi connectivity index (χ3v) is 4.10. The summed E-state index contributed by atoms with van der Waals surface area (Å²) in [6, 6.07) is 6.92. The van der Waals surface area contributed by atoms with Crippen molar-refractivity contribution in [3.63, 3.8) is 0 Å². The summed E-state index contributed by atoms with van der Waals surface area (Å²) >= 11 is 5.86. The summed E-state index contributed by atoms with van der Waals surface area (Å²) in [4.78, 5) is 40.2. The van der Waals surface area contributed by atoms with E-state index >= 15 is 0 Å². The number of carbonyl (C=O) groups is 3. The predicted molar refractivity (Wildman–Crippen MR) is 101 cm³/mol. The number of nitrogens with zero attached hydrogens (tertiary/aromatic N) is 1. The van der Waals surface area contributed by atoms with Crippen LogP contribution in [0.5, 0.6) is 0 Å². The van der Waals surface area contributed by atoms with Crippen LogP contribution in [-0.4, -0.2) is 47.3 Å². The molecule has 142 valence electrons. The van der Waals surface area contributed by atoms with Crippen LogP contribution in [0.15, 0.2) is 35.3 Å². The van der Waals surface area contributed by atoms with Gasteiger partial charge < -0.3 is 22.9 Å². The van der Waals surface area contributed by atoms with E-state index in [9.17, 15) is 14.4 Å². The minimum atomic E-state index is -1.65. The van der Waals surface area contributed by atoms with E-state index in [4.69, 9.17) is 34.5 Å². The average Bonchev–Trinajstić information content (AvgIpc) is 2.63. The molecule has 1 aromatic rings. The maximum atomic E-state index is 12.2. The quantitative estimate of drug-likeness (QED) is 0.0976. The number of carbonyl (C=O) groups excluding carboxylic acids is 3. The van der Waals surface area contributed by atoms with E-state index in [-0.39, 0.29) is 18.8 Å². The summed E-state index contributed by atoms with van der Waals surface area (Å²) in [5, 5.41) is -1.65. The maximum absolute atomic E-state index is 12.2. The van der Waals surface area contributed by atoms with Crippen LogP contribution in [0.4, 0.5) is 0 Å². The second-order valence-corrected chi connectivity index (χ2v) is 6.28. The van der Waals surface area contributed by atoms with Crippen molar-refractivity contribution in [2.45, 2.75) is 36.7 Å². The molecule has 0 aliphatic carbocycles. The van der Waals surface area contributed by atoms with Crippen molar-refractivity contribution in [3.05, 3.63) is 35.9 Å². The standard InChI is InChI=1S/C17H24ClN5O3/c18-13(14(24)11(19)7-4-8-23-17(21)22)16(26)15(25)12(20)9-10-5-2-1-3-6-10/h1-3,5-6,11-13H,4,7-9,19-20H2,(H4,21,22,23)/t11-,12-,13?/m0/s1. The van der Waals surface area contributed by atoms with Crippen molar-refractivity contribution in [1.82, 2.24) is 0 Å². The zero-order valence-corrected chi connectivity index (χ0v) is 15.1. The molecule has 0 bridgehead atoms. The topological polar surface area (TPSA) is 168 Å². The molecule has 8 N–H and O–H groups in total. The molecule has 0 heterocycles. The third-order valence-electron chi connectivity index (χ3n) is 3.69. The first-order valence-electron chi connectivity index (χ1n) is 8.10. The number of nitrogens with two attached hydrogens (primary N) is 4. The molecule has 8 nitrogen and oxygen atoms in total. The van der Waals surface area contributed by atoms with Gasteiger partial charge in [-0.2, -0.15) is 0 Å². The maximum Gasteiger partial charge on any atom is 0.225 e. The predicted octanol–water partition coefficient (Wildman–Crippen LogP) is -0.748. The number of ketones is 3. The largest absolute Gasteiger partial charge is 0.370 e. The molecule has 3 atom stereocenters. The van der Waals surface area contributed by atoms with Gasteiger partial charge >= 0.3 is 0 Å². The fourth-order valence-electron chi connectivity index (χ4n) is 2.25. The van der Waals surface area contributed by atoms with Gasteiger partial charge in [-0.3, -0.25) is 19.4 Å². The molecule has 1 aromatic carbocycles. The van der Waals surface area contributed by atoms with Crippen molar-refractivity contribution < 1.29 is 14.4 Å². The van der Waals surface area contributed by atoms with Gasteiger partial charge in [0.2, 0.25) is 11.6 Å². The van der Waals surface area contributed by atoms with E-state index in [0.29, 0.717) is 13.0 Å². The van der Waals surface area contributed by atoms with E-state index in [1.54, 1.807) is 24.3 Å². The second kappa shape index (κ2) is 10.6. The summed E-state index contributed by atoms with van der Waals surface area (Å²) in [5.41, 5.74) is 22.7. The molecule has 0 saturated carbocycles. The summed E-state index contributed by atoms with van der Waals surface area (Å²) < 4.78 is 0. The summed E-state index contributed by atoms with van der Waals surface area (Å²) in [7, 11) is 0. The van der Waals surface area contributed by atoms with Crippen LogP contribution in [-0.2, 0) is 20.8 Å². The molecule has 0 aromatic heterocycles. The van der Waals surface area contributed by atoms with Crippen molar-refractivity contribution >= 4 is 34.9 Å². The van der Waals surface area contributed by atoms with Gasteiger partial charge in [0.25, 0.3) is 0 Å². The molecule has 0 aliphatic heterocycles. The molecule has 1 rings (SSSR count). The number of hydrogen-bond donors (Lipinski definition) is 4. The zero-order chi connectivity index (χ0) is 19.7. The van der Waals surface area contributed by atoms with Gasteiger partial charge in [-0.1, -0.05) is 30.3 Å². The van der Waals surface area contributed by atoms with Crippen molar-refractivity contribution in [2.75, 3.05) is 6.54 Å². The number of hydrogen-bond acceptors (Lipinski definition) is 6. The zero-order valence-electron chi connectivity index (χ0n) is 14.3. The number of Topliss-reactive ketones (excluding diaryl/α,β-unsaturated/α-hetero) is 3. The molecular formula is C17H24ClN5O3. The number of guanidine groups is 1. The van der Waals surface area contributed by atoms with E-state index < -0.39 is 34.8 Å². The number of rotatable bonds is 11. The average molecular weight is 382 g/mol. The van der Waals surface area contributed by atoms with Gasteiger partial charge in [0.1, 0.15) is 0 Å². The van der Waals surface area contributed by atoms with Crippen LogP contribution < -0.4 is 22.9 Å². The molecule has 0 spiro atoms. The number of benzene rings is 1. The Labute approximate surface area is 156 Å². The number of alkyl halides is 1.